The lowest BCUT2D eigenvalue weighted by atomic mass is 10.0. The number of nitrogens with one attached hydrogen (secondary N) is 1. The van der Waals surface area contributed by atoms with Crippen molar-refractivity contribution < 1.29 is 13.2 Å². The van der Waals surface area contributed by atoms with Crippen molar-refractivity contribution in [1.29, 1.82) is 0 Å². The van der Waals surface area contributed by atoms with Crippen molar-refractivity contribution in [1.82, 2.24) is 4.72 Å². The molecule has 0 saturated heterocycles. The minimum absolute atomic E-state index is 0.183. The van der Waals surface area contributed by atoms with Crippen molar-refractivity contribution in [3.63, 3.8) is 0 Å². The molecule has 7 heteroatoms. The van der Waals surface area contributed by atoms with E-state index >= 15 is 0 Å². The summed E-state index contributed by atoms with van der Waals surface area (Å²) >= 11 is 1.89. The molecule has 4 rings (SSSR count). The first-order valence-corrected chi connectivity index (χ1v) is 12.6. The van der Waals surface area contributed by atoms with Crippen LogP contribution in [-0.4, -0.2) is 38.4 Å². The van der Waals surface area contributed by atoms with E-state index in [1.165, 1.54) is 32.1 Å². The van der Waals surface area contributed by atoms with Crippen molar-refractivity contribution in [2.75, 3.05) is 23.7 Å². The van der Waals surface area contributed by atoms with Crippen LogP contribution >= 0.6 is 11.8 Å². The largest absolute Gasteiger partial charge is 0.312 e. The first kappa shape index (κ1) is 19.3. The third-order valence-corrected chi connectivity index (χ3v) is 8.59. The molecule has 0 aromatic heterocycles. The summed E-state index contributed by atoms with van der Waals surface area (Å²) in [5, 5.41) is 0.693. The van der Waals surface area contributed by atoms with Crippen molar-refractivity contribution in [3.05, 3.63) is 23.8 Å². The van der Waals surface area contributed by atoms with E-state index in [1.807, 2.05) is 16.7 Å². The fourth-order valence-corrected chi connectivity index (χ4v) is 6.47. The highest BCUT2D eigenvalue weighted by molar-refractivity contribution is 8.00. The van der Waals surface area contributed by atoms with Crippen LogP contribution < -0.4 is 9.62 Å². The normalized spacial score (nSPS) is 20.7. The number of carbonyl (C=O) groups excluding carboxylic acids is 1. The van der Waals surface area contributed by atoms with E-state index in [2.05, 4.69) is 4.72 Å². The lowest BCUT2D eigenvalue weighted by Crippen LogP contribution is -2.30. The average Bonchev–Trinajstić information content (AvgIpc) is 3.44. The fraction of sp³-hybridized carbons (Fsp3) is 0.650. The summed E-state index contributed by atoms with van der Waals surface area (Å²) in [6, 6.07) is 5.17. The minimum atomic E-state index is -3.49. The number of thioether (sulfide) groups is 1. The molecule has 0 spiro atoms. The first-order chi connectivity index (χ1) is 13.0. The molecule has 2 aliphatic carbocycles. The summed E-state index contributed by atoms with van der Waals surface area (Å²) in [5.41, 5.74) is 1.85. The Kier molecular flexibility index (Phi) is 5.81. The topological polar surface area (TPSA) is 66.5 Å². The van der Waals surface area contributed by atoms with Crippen molar-refractivity contribution in [3.8, 4) is 0 Å². The molecule has 27 heavy (non-hydrogen) atoms. The zero-order chi connectivity index (χ0) is 18.9. The standard InChI is InChI=1S/C20H28N2O3S2/c23-20(15-6-7-15)22-12-10-16-14-18(8-9-19(16)22)27(24,25)21-11-13-26-17-4-2-1-3-5-17/h8-9,14-15,17,21H,1-7,10-13H2. The number of sulfonamides is 1. The summed E-state index contributed by atoms with van der Waals surface area (Å²) < 4.78 is 28.0. The SMILES string of the molecule is O=C(C1CC1)N1CCc2cc(S(=O)(=O)NCCSC3CCCCC3)ccc21. The highest BCUT2D eigenvalue weighted by atomic mass is 32.2. The van der Waals surface area contributed by atoms with Crippen molar-refractivity contribution in [2.45, 2.75) is 61.5 Å². The number of benzene rings is 1. The predicted octanol–water partition coefficient (Wildman–Crippen LogP) is 3.33. The van der Waals surface area contributed by atoms with Gasteiger partial charge in [0, 0.05) is 35.7 Å². The Morgan fingerprint density at radius 2 is 1.93 bits per heavy atom. The molecule has 148 valence electrons. The van der Waals surface area contributed by atoms with Gasteiger partial charge in [0.25, 0.3) is 0 Å². The summed E-state index contributed by atoms with van der Waals surface area (Å²) in [6.07, 6.45) is 9.18. The molecule has 1 amide bonds. The molecule has 0 unspecified atom stereocenters. The van der Waals surface area contributed by atoms with Crippen LogP contribution in [0.2, 0.25) is 0 Å². The van der Waals surface area contributed by atoms with Gasteiger partial charge in [-0.3, -0.25) is 4.79 Å². The molecule has 3 aliphatic rings. The number of anilines is 1. The second-order valence-corrected chi connectivity index (χ2v) is 11.0. The maximum absolute atomic E-state index is 12.6. The average molecular weight is 409 g/mol. The maximum atomic E-state index is 12.6. The van der Waals surface area contributed by atoms with Crippen LogP contribution in [0.1, 0.15) is 50.5 Å². The molecule has 2 saturated carbocycles. The number of nitrogens with zero attached hydrogens (tertiary/aromatic N) is 1. The van der Waals surface area contributed by atoms with Crippen molar-refractivity contribution in [2.24, 2.45) is 5.92 Å². The van der Waals surface area contributed by atoms with Gasteiger partial charge in [-0.05, 0) is 55.9 Å². The molecular formula is C20H28N2O3S2. The van der Waals surface area contributed by atoms with E-state index in [0.29, 0.717) is 23.2 Å². The Bertz CT molecular complexity index is 799. The third-order valence-electron chi connectivity index (χ3n) is 5.75. The molecule has 1 aromatic rings. The van der Waals surface area contributed by atoms with Crippen molar-refractivity contribution >= 4 is 33.4 Å². The van der Waals surface area contributed by atoms with Gasteiger partial charge in [-0.15, -0.1) is 0 Å². The van der Waals surface area contributed by atoms with Gasteiger partial charge in [-0.25, -0.2) is 13.1 Å². The fourth-order valence-electron chi connectivity index (χ4n) is 4.04. The lowest BCUT2D eigenvalue weighted by molar-refractivity contribution is -0.119. The third kappa shape index (κ3) is 4.51. The Morgan fingerprint density at radius 3 is 2.67 bits per heavy atom. The summed E-state index contributed by atoms with van der Waals surface area (Å²) in [5.74, 6) is 1.20. The summed E-state index contributed by atoms with van der Waals surface area (Å²) in [7, 11) is -3.49. The van der Waals surface area contributed by atoms with Gasteiger partial charge in [0.1, 0.15) is 0 Å². The molecule has 1 heterocycles. The van der Waals surface area contributed by atoms with E-state index in [9.17, 15) is 13.2 Å². The van der Waals surface area contributed by atoms with Gasteiger partial charge >= 0.3 is 0 Å². The second-order valence-electron chi connectivity index (χ2n) is 7.83. The van der Waals surface area contributed by atoms with Gasteiger partial charge in [0.2, 0.25) is 15.9 Å². The van der Waals surface area contributed by atoms with Gasteiger partial charge < -0.3 is 4.90 Å². The van der Waals surface area contributed by atoms with Crippen LogP contribution in [0.3, 0.4) is 0 Å². The van der Waals surface area contributed by atoms with Gasteiger partial charge in [0.05, 0.1) is 4.90 Å². The molecule has 0 radical (unpaired) electrons. The molecule has 1 N–H and O–H groups in total. The number of amides is 1. The zero-order valence-corrected chi connectivity index (χ0v) is 17.3. The Morgan fingerprint density at radius 1 is 1.15 bits per heavy atom. The number of hydrogen-bond acceptors (Lipinski definition) is 4. The lowest BCUT2D eigenvalue weighted by Gasteiger charge is -2.21. The van der Waals surface area contributed by atoms with Gasteiger partial charge in [0.15, 0.2) is 0 Å². The van der Waals surface area contributed by atoms with Crippen LogP contribution in [0.5, 0.6) is 0 Å². The molecule has 1 aromatic carbocycles. The number of rotatable bonds is 7. The van der Waals surface area contributed by atoms with E-state index in [-0.39, 0.29) is 11.8 Å². The van der Waals surface area contributed by atoms with Crippen LogP contribution in [0.25, 0.3) is 0 Å². The van der Waals surface area contributed by atoms with E-state index in [0.717, 1.165) is 36.3 Å². The van der Waals surface area contributed by atoms with E-state index < -0.39 is 10.0 Å². The summed E-state index contributed by atoms with van der Waals surface area (Å²) in [6.45, 7) is 1.13. The zero-order valence-electron chi connectivity index (χ0n) is 15.7. The summed E-state index contributed by atoms with van der Waals surface area (Å²) in [4.78, 5) is 14.5. The van der Waals surface area contributed by atoms with Crippen LogP contribution in [0.15, 0.2) is 23.1 Å². The first-order valence-electron chi connectivity index (χ1n) is 10.1. The molecule has 0 bridgehead atoms. The number of hydrogen-bond donors (Lipinski definition) is 1. The molecular weight excluding hydrogens is 380 g/mol. The molecule has 2 fully saturated rings. The monoisotopic (exact) mass is 408 g/mol. The minimum Gasteiger partial charge on any atom is -0.312 e. The van der Waals surface area contributed by atoms with Gasteiger partial charge in [-0.1, -0.05) is 19.3 Å². The molecule has 1 aliphatic heterocycles. The van der Waals surface area contributed by atoms with E-state index in [4.69, 9.17) is 0 Å². The Hall–Kier alpha value is -1.05. The maximum Gasteiger partial charge on any atom is 0.240 e. The predicted molar refractivity (Wildman–Crippen MR) is 110 cm³/mol. The number of fused-ring (bicyclic) bond motifs is 1. The smallest absolute Gasteiger partial charge is 0.240 e. The van der Waals surface area contributed by atoms with E-state index in [1.54, 1.807) is 18.2 Å². The Balaban J connectivity index is 1.34. The van der Waals surface area contributed by atoms with Gasteiger partial charge in [-0.2, -0.15) is 11.8 Å². The van der Waals surface area contributed by atoms with Crippen LogP contribution in [-0.2, 0) is 21.2 Å². The molecule has 0 atom stereocenters. The highest BCUT2D eigenvalue weighted by Gasteiger charge is 2.36. The van der Waals surface area contributed by atoms with Crippen LogP contribution in [0.4, 0.5) is 5.69 Å². The number of carbonyl (C=O) groups is 1. The quantitative estimate of drug-likeness (QED) is 0.703. The second kappa shape index (κ2) is 8.13. The Labute approximate surface area is 166 Å². The van der Waals surface area contributed by atoms with Crippen LogP contribution in [0, 0.1) is 5.92 Å². The highest BCUT2D eigenvalue weighted by Crippen LogP contribution is 2.37. The molecule has 5 nitrogen and oxygen atoms in total.